The van der Waals surface area contributed by atoms with Crippen molar-refractivity contribution in [3.8, 4) is 0 Å². The van der Waals surface area contributed by atoms with E-state index < -0.39 is 11.9 Å². The van der Waals surface area contributed by atoms with Gasteiger partial charge in [0, 0.05) is 6.20 Å². The van der Waals surface area contributed by atoms with Gasteiger partial charge in [-0.3, -0.25) is 9.48 Å². The maximum absolute atomic E-state index is 10.9. The lowest BCUT2D eigenvalue weighted by molar-refractivity contribution is -0.136. The molecule has 7 heteroatoms. The van der Waals surface area contributed by atoms with Crippen LogP contribution in [0.2, 0.25) is 0 Å². The number of hydrogen-bond acceptors (Lipinski definition) is 4. The lowest BCUT2D eigenvalue weighted by atomic mass is 10.0. The number of nitrogens with zero attached hydrogens (tertiary/aromatic N) is 2. The zero-order chi connectivity index (χ0) is 14.7. The molecule has 104 valence electrons. The van der Waals surface area contributed by atoms with Crippen molar-refractivity contribution in [3.05, 3.63) is 47.3 Å². The van der Waals surface area contributed by atoms with Crippen molar-refractivity contribution in [2.75, 3.05) is 5.73 Å². The average Bonchev–Trinajstić information content (AvgIpc) is 2.72. The van der Waals surface area contributed by atoms with Gasteiger partial charge in [0.15, 0.2) is 5.69 Å². The number of hydrogen-bond donors (Lipinski definition) is 3. The Kier molecular flexibility index (Phi) is 3.69. The van der Waals surface area contributed by atoms with Crippen LogP contribution in [0.15, 0.2) is 30.5 Å². The summed E-state index contributed by atoms with van der Waals surface area (Å²) in [6.07, 6.45) is 1.32. The van der Waals surface area contributed by atoms with Crippen LogP contribution in [-0.4, -0.2) is 31.9 Å². The molecule has 20 heavy (non-hydrogen) atoms. The number of anilines is 1. The van der Waals surface area contributed by atoms with E-state index in [0.29, 0.717) is 5.56 Å². The van der Waals surface area contributed by atoms with Gasteiger partial charge < -0.3 is 15.9 Å². The lowest BCUT2D eigenvalue weighted by Gasteiger charge is -2.07. The van der Waals surface area contributed by atoms with E-state index in [1.165, 1.54) is 10.9 Å². The zero-order valence-corrected chi connectivity index (χ0v) is 10.5. The Morgan fingerprint density at radius 2 is 1.85 bits per heavy atom. The normalized spacial score (nSPS) is 10.4. The number of carboxylic acids is 2. The van der Waals surface area contributed by atoms with E-state index in [0.717, 1.165) is 5.56 Å². The van der Waals surface area contributed by atoms with Crippen molar-refractivity contribution in [1.82, 2.24) is 9.78 Å². The number of aliphatic carboxylic acids is 1. The fraction of sp³-hybridized carbons (Fsp3) is 0.154. The summed E-state index contributed by atoms with van der Waals surface area (Å²) in [5, 5.41) is 21.6. The van der Waals surface area contributed by atoms with Crippen LogP contribution in [0.3, 0.4) is 0 Å². The summed E-state index contributed by atoms with van der Waals surface area (Å²) in [6, 6.07) is 7.03. The van der Waals surface area contributed by atoms with Crippen LogP contribution >= 0.6 is 0 Å². The monoisotopic (exact) mass is 275 g/mol. The van der Waals surface area contributed by atoms with Crippen molar-refractivity contribution in [1.29, 1.82) is 0 Å². The topological polar surface area (TPSA) is 118 Å². The van der Waals surface area contributed by atoms with Crippen LogP contribution in [0.25, 0.3) is 0 Å². The molecule has 0 amide bonds. The number of carboxylic acid groups (broad SMARTS) is 2. The number of benzene rings is 1. The molecule has 0 unspecified atom stereocenters. The van der Waals surface area contributed by atoms with E-state index in [1.807, 2.05) is 0 Å². The molecule has 2 rings (SSSR count). The van der Waals surface area contributed by atoms with E-state index in [2.05, 4.69) is 5.10 Å². The molecular formula is C13H13N3O4. The van der Waals surface area contributed by atoms with E-state index in [1.54, 1.807) is 24.3 Å². The van der Waals surface area contributed by atoms with Crippen molar-refractivity contribution < 1.29 is 19.8 Å². The molecule has 1 aromatic heterocycles. The standard InChI is InChI=1S/C13H13N3O4/c14-10-7-16(15-12(10)13(19)20)6-9-4-2-1-3-8(9)5-11(17)18/h1-4,7H,5-6,14H2,(H,17,18)(H,19,20). The van der Waals surface area contributed by atoms with E-state index in [4.69, 9.17) is 15.9 Å². The fourth-order valence-electron chi connectivity index (χ4n) is 1.91. The van der Waals surface area contributed by atoms with Gasteiger partial charge in [-0.05, 0) is 11.1 Å². The molecule has 1 aromatic carbocycles. The van der Waals surface area contributed by atoms with Gasteiger partial charge in [-0.2, -0.15) is 5.10 Å². The average molecular weight is 275 g/mol. The first-order valence-corrected chi connectivity index (χ1v) is 5.82. The summed E-state index contributed by atoms with van der Waals surface area (Å²) in [6.45, 7) is 0.265. The van der Waals surface area contributed by atoms with Gasteiger partial charge in [0.25, 0.3) is 0 Å². The van der Waals surface area contributed by atoms with Gasteiger partial charge in [-0.15, -0.1) is 0 Å². The Labute approximate surface area is 114 Å². The fourth-order valence-corrected chi connectivity index (χ4v) is 1.91. The molecule has 0 fully saturated rings. The summed E-state index contributed by atoms with van der Waals surface area (Å²) in [5.41, 5.74) is 6.84. The highest BCUT2D eigenvalue weighted by Gasteiger charge is 2.14. The number of nitrogen functional groups attached to an aromatic ring is 1. The maximum Gasteiger partial charge on any atom is 0.358 e. The van der Waals surface area contributed by atoms with Gasteiger partial charge in [0.2, 0.25) is 0 Å². The molecule has 0 aliphatic heterocycles. The minimum absolute atomic E-state index is 0.0771. The van der Waals surface area contributed by atoms with Gasteiger partial charge in [-0.25, -0.2) is 4.79 Å². The van der Waals surface area contributed by atoms with E-state index >= 15 is 0 Å². The lowest BCUT2D eigenvalue weighted by Crippen LogP contribution is -2.08. The minimum atomic E-state index is -1.19. The number of aromatic nitrogens is 2. The largest absolute Gasteiger partial charge is 0.481 e. The summed E-state index contributed by atoms with van der Waals surface area (Å²) in [4.78, 5) is 21.7. The number of nitrogens with two attached hydrogens (primary N) is 1. The summed E-state index contributed by atoms with van der Waals surface area (Å²) < 4.78 is 1.39. The minimum Gasteiger partial charge on any atom is -0.481 e. The molecule has 7 nitrogen and oxygen atoms in total. The molecule has 1 heterocycles. The summed E-state index contributed by atoms with van der Waals surface area (Å²) in [5.74, 6) is -2.12. The smallest absolute Gasteiger partial charge is 0.358 e. The van der Waals surface area contributed by atoms with Gasteiger partial charge in [-0.1, -0.05) is 24.3 Å². The van der Waals surface area contributed by atoms with Crippen LogP contribution in [0.4, 0.5) is 5.69 Å². The Balaban J connectivity index is 2.28. The molecule has 0 aliphatic rings. The molecule has 0 saturated heterocycles. The highest BCUT2D eigenvalue weighted by atomic mass is 16.4. The molecule has 0 aliphatic carbocycles. The van der Waals surface area contributed by atoms with E-state index in [-0.39, 0.29) is 24.3 Å². The van der Waals surface area contributed by atoms with Crippen LogP contribution < -0.4 is 5.73 Å². The van der Waals surface area contributed by atoms with Crippen LogP contribution in [0.1, 0.15) is 21.6 Å². The Morgan fingerprint density at radius 1 is 1.20 bits per heavy atom. The molecule has 0 atom stereocenters. The summed E-state index contributed by atoms with van der Waals surface area (Å²) in [7, 11) is 0. The Morgan fingerprint density at radius 3 is 2.40 bits per heavy atom. The third kappa shape index (κ3) is 2.94. The molecule has 0 radical (unpaired) electrons. The second kappa shape index (κ2) is 5.43. The Bertz CT molecular complexity index is 663. The zero-order valence-electron chi connectivity index (χ0n) is 10.5. The quantitative estimate of drug-likeness (QED) is 0.744. The van der Waals surface area contributed by atoms with Crippen molar-refractivity contribution in [2.45, 2.75) is 13.0 Å². The molecular weight excluding hydrogens is 262 g/mol. The van der Waals surface area contributed by atoms with Crippen molar-refractivity contribution in [2.24, 2.45) is 0 Å². The number of carbonyl (C=O) groups is 2. The molecule has 0 bridgehead atoms. The second-order valence-electron chi connectivity index (χ2n) is 4.28. The van der Waals surface area contributed by atoms with Gasteiger partial charge in [0.1, 0.15) is 0 Å². The number of aromatic carboxylic acids is 1. The predicted molar refractivity (Wildman–Crippen MR) is 70.5 cm³/mol. The summed E-state index contributed by atoms with van der Waals surface area (Å²) >= 11 is 0. The first-order valence-electron chi connectivity index (χ1n) is 5.82. The predicted octanol–water partition coefficient (Wildman–Crippen LogP) is 0.839. The third-order valence-electron chi connectivity index (χ3n) is 2.78. The number of rotatable bonds is 5. The van der Waals surface area contributed by atoms with E-state index in [9.17, 15) is 9.59 Å². The first-order chi connectivity index (χ1) is 9.47. The van der Waals surface area contributed by atoms with Crippen molar-refractivity contribution in [3.63, 3.8) is 0 Å². The van der Waals surface area contributed by atoms with Gasteiger partial charge in [0.05, 0.1) is 18.7 Å². The highest BCUT2D eigenvalue weighted by Crippen LogP contribution is 2.14. The highest BCUT2D eigenvalue weighted by molar-refractivity contribution is 5.91. The molecule has 2 aromatic rings. The molecule has 0 saturated carbocycles. The third-order valence-corrected chi connectivity index (χ3v) is 2.78. The molecule has 4 N–H and O–H groups in total. The molecule has 0 spiro atoms. The van der Waals surface area contributed by atoms with Crippen LogP contribution in [0, 0.1) is 0 Å². The van der Waals surface area contributed by atoms with Crippen LogP contribution in [0.5, 0.6) is 0 Å². The van der Waals surface area contributed by atoms with Gasteiger partial charge >= 0.3 is 11.9 Å². The first kappa shape index (κ1) is 13.6. The maximum atomic E-state index is 10.9. The SMILES string of the molecule is Nc1cn(Cc2ccccc2CC(=O)O)nc1C(=O)O. The van der Waals surface area contributed by atoms with Crippen molar-refractivity contribution >= 4 is 17.6 Å². The Hall–Kier alpha value is -2.83. The second-order valence-corrected chi connectivity index (χ2v) is 4.28. The van der Waals surface area contributed by atoms with Crippen LogP contribution in [-0.2, 0) is 17.8 Å².